The molecule has 1 saturated heterocycles. The number of rotatable bonds is 9. The summed E-state index contributed by atoms with van der Waals surface area (Å²) in [6, 6.07) is 14.8. The fraction of sp³-hybridized carbons (Fsp3) is 0.435. The maximum Gasteiger partial charge on any atom is 0.261 e. The number of nitrogens with zero attached hydrogens (tertiary/aromatic N) is 1. The maximum atomic E-state index is 13.0. The van der Waals surface area contributed by atoms with Gasteiger partial charge in [-0.2, -0.15) is 0 Å². The minimum absolute atomic E-state index is 0.000793. The SMILES string of the molecule is CCCOc1ccc(CN(C(=O)COc2ccccc2C)C2CCS(=O)(=O)C2)cc1. The van der Waals surface area contributed by atoms with Gasteiger partial charge in [0.2, 0.25) is 0 Å². The second kappa shape index (κ2) is 9.98. The first kappa shape index (κ1) is 22.2. The molecule has 7 heteroatoms. The molecule has 0 radical (unpaired) electrons. The Kier molecular flexibility index (Phi) is 7.37. The second-order valence-electron chi connectivity index (χ2n) is 7.63. The number of carbonyl (C=O) groups excluding carboxylic acids is 1. The number of aryl methyl sites for hydroxylation is 1. The van der Waals surface area contributed by atoms with E-state index in [-0.39, 0.29) is 30.1 Å². The van der Waals surface area contributed by atoms with Gasteiger partial charge in [0.25, 0.3) is 5.91 Å². The van der Waals surface area contributed by atoms with E-state index in [0.29, 0.717) is 25.3 Å². The van der Waals surface area contributed by atoms with Crippen LogP contribution in [0.15, 0.2) is 48.5 Å². The molecule has 3 rings (SSSR count). The van der Waals surface area contributed by atoms with E-state index in [2.05, 4.69) is 0 Å². The predicted molar refractivity (Wildman–Crippen MR) is 117 cm³/mol. The van der Waals surface area contributed by atoms with E-state index in [1.165, 1.54) is 0 Å². The third kappa shape index (κ3) is 5.98. The van der Waals surface area contributed by atoms with Crippen molar-refractivity contribution >= 4 is 15.7 Å². The summed E-state index contributed by atoms with van der Waals surface area (Å²) in [5, 5.41) is 0. The lowest BCUT2D eigenvalue weighted by molar-refractivity contribution is -0.136. The van der Waals surface area contributed by atoms with Crippen LogP contribution in [-0.2, 0) is 21.2 Å². The molecule has 1 aliphatic heterocycles. The van der Waals surface area contributed by atoms with Crippen molar-refractivity contribution in [2.75, 3.05) is 24.7 Å². The van der Waals surface area contributed by atoms with Crippen molar-refractivity contribution in [2.24, 2.45) is 0 Å². The normalized spacial score (nSPS) is 17.5. The Morgan fingerprint density at radius 3 is 2.47 bits per heavy atom. The zero-order valence-electron chi connectivity index (χ0n) is 17.5. The minimum atomic E-state index is -3.11. The number of sulfone groups is 1. The predicted octanol–water partition coefficient (Wildman–Crippen LogP) is 3.38. The van der Waals surface area contributed by atoms with E-state index < -0.39 is 9.84 Å². The van der Waals surface area contributed by atoms with E-state index in [1.807, 2.05) is 62.4 Å². The van der Waals surface area contributed by atoms with Crippen LogP contribution in [-0.4, -0.2) is 50.0 Å². The van der Waals surface area contributed by atoms with Crippen molar-refractivity contribution in [1.82, 2.24) is 4.90 Å². The van der Waals surface area contributed by atoms with Crippen LogP contribution in [0.4, 0.5) is 0 Å². The summed E-state index contributed by atoms with van der Waals surface area (Å²) in [7, 11) is -3.11. The van der Waals surface area contributed by atoms with Gasteiger partial charge in [0.05, 0.1) is 18.1 Å². The lowest BCUT2D eigenvalue weighted by Gasteiger charge is -2.28. The summed E-state index contributed by atoms with van der Waals surface area (Å²) in [4.78, 5) is 14.7. The number of benzene rings is 2. The Bertz CT molecular complexity index is 956. The molecule has 2 aromatic rings. The van der Waals surface area contributed by atoms with E-state index >= 15 is 0 Å². The lowest BCUT2D eigenvalue weighted by atomic mass is 10.1. The van der Waals surface area contributed by atoms with Crippen LogP contribution >= 0.6 is 0 Å². The summed E-state index contributed by atoms with van der Waals surface area (Å²) >= 11 is 0. The molecular formula is C23H29NO5S. The van der Waals surface area contributed by atoms with Gasteiger partial charge < -0.3 is 14.4 Å². The first-order valence-corrected chi connectivity index (χ1v) is 12.1. The van der Waals surface area contributed by atoms with Crippen LogP contribution in [0.5, 0.6) is 11.5 Å². The van der Waals surface area contributed by atoms with Crippen LogP contribution < -0.4 is 9.47 Å². The molecule has 0 aromatic heterocycles. The van der Waals surface area contributed by atoms with Gasteiger partial charge in [0, 0.05) is 12.6 Å². The van der Waals surface area contributed by atoms with Crippen molar-refractivity contribution < 1.29 is 22.7 Å². The van der Waals surface area contributed by atoms with Crippen LogP contribution in [0.25, 0.3) is 0 Å². The molecule has 30 heavy (non-hydrogen) atoms. The molecule has 2 aromatic carbocycles. The van der Waals surface area contributed by atoms with Gasteiger partial charge in [-0.15, -0.1) is 0 Å². The van der Waals surface area contributed by atoms with Crippen molar-refractivity contribution in [1.29, 1.82) is 0 Å². The van der Waals surface area contributed by atoms with Crippen LogP contribution in [0.3, 0.4) is 0 Å². The summed E-state index contributed by atoms with van der Waals surface area (Å²) in [6.07, 6.45) is 1.39. The molecule has 1 atom stereocenters. The molecular weight excluding hydrogens is 402 g/mol. The highest BCUT2D eigenvalue weighted by atomic mass is 32.2. The van der Waals surface area contributed by atoms with Gasteiger partial charge in [-0.1, -0.05) is 37.3 Å². The van der Waals surface area contributed by atoms with Gasteiger partial charge >= 0.3 is 0 Å². The molecule has 6 nitrogen and oxygen atoms in total. The van der Waals surface area contributed by atoms with Crippen molar-refractivity contribution in [3.8, 4) is 11.5 Å². The molecule has 0 spiro atoms. The topological polar surface area (TPSA) is 72.9 Å². The zero-order chi connectivity index (χ0) is 21.6. The third-order valence-electron chi connectivity index (χ3n) is 5.16. The number of ether oxygens (including phenoxy) is 2. The van der Waals surface area contributed by atoms with Crippen molar-refractivity contribution in [3.63, 3.8) is 0 Å². The highest BCUT2D eigenvalue weighted by Crippen LogP contribution is 2.22. The Balaban J connectivity index is 1.71. The molecule has 0 bridgehead atoms. The molecule has 1 aliphatic rings. The molecule has 0 aliphatic carbocycles. The molecule has 1 unspecified atom stereocenters. The van der Waals surface area contributed by atoms with Crippen LogP contribution in [0.2, 0.25) is 0 Å². The first-order chi connectivity index (χ1) is 14.4. The Morgan fingerprint density at radius 1 is 1.10 bits per heavy atom. The van der Waals surface area contributed by atoms with Gasteiger partial charge in [0.1, 0.15) is 11.5 Å². The monoisotopic (exact) mass is 431 g/mol. The summed E-state index contributed by atoms with van der Waals surface area (Å²) in [6.45, 7) is 4.83. The standard InChI is InChI=1S/C23H29NO5S/c1-3-13-28-21-10-8-19(9-11-21)15-24(20-12-14-30(26,27)17-20)23(25)16-29-22-7-5-4-6-18(22)2/h4-11,20H,3,12-17H2,1-2H3. The summed E-state index contributed by atoms with van der Waals surface area (Å²) in [5.41, 5.74) is 1.87. The average Bonchev–Trinajstić information content (AvgIpc) is 3.10. The van der Waals surface area contributed by atoms with E-state index in [9.17, 15) is 13.2 Å². The van der Waals surface area contributed by atoms with E-state index in [1.54, 1.807) is 4.90 Å². The van der Waals surface area contributed by atoms with Gasteiger partial charge in [-0.3, -0.25) is 4.79 Å². The zero-order valence-corrected chi connectivity index (χ0v) is 18.4. The Hall–Kier alpha value is -2.54. The fourth-order valence-corrected chi connectivity index (χ4v) is 5.22. The lowest BCUT2D eigenvalue weighted by Crippen LogP contribution is -2.43. The molecule has 0 saturated carbocycles. The second-order valence-corrected chi connectivity index (χ2v) is 9.85. The first-order valence-electron chi connectivity index (χ1n) is 10.3. The number of hydrogen-bond donors (Lipinski definition) is 0. The number of carbonyl (C=O) groups is 1. The Labute approximate surface area is 178 Å². The molecule has 1 heterocycles. The summed E-state index contributed by atoms with van der Waals surface area (Å²) in [5.74, 6) is 1.34. The van der Waals surface area contributed by atoms with E-state index in [0.717, 1.165) is 23.3 Å². The average molecular weight is 432 g/mol. The van der Waals surface area contributed by atoms with Gasteiger partial charge in [-0.05, 0) is 49.1 Å². The maximum absolute atomic E-state index is 13.0. The van der Waals surface area contributed by atoms with E-state index in [4.69, 9.17) is 9.47 Å². The van der Waals surface area contributed by atoms with Gasteiger partial charge in [-0.25, -0.2) is 8.42 Å². The molecule has 1 fully saturated rings. The molecule has 0 N–H and O–H groups in total. The smallest absolute Gasteiger partial charge is 0.261 e. The quantitative estimate of drug-likeness (QED) is 0.609. The number of amides is 1. The fourth-order valence-electron chi connectivity index (χ4n) is 3.49. The van der Waals surface area contributed by atoms with Gasteiger partial charge in [0.15, 0.2) is 16.4 Å². The third-order valence-corrected chi connectivity index (χ3v) is 6.91. The van der Waals surface area contributed by atoms with Crippen molar-refractivity contribution in [3.05, 3.63) is 59.7 Å². The minimum Gasteiger partial charge on any atom is -0.494 e. The molecule has 162 valence electrons. The highest BCUT2D eigenvalue weighted by Gasteiger charge is 2.34. The summed E-state index contributed by atoms with van der Waals surface area (Å²) < 4.78 is 35.3. The van der Waals surface area contributed by atoms with Crippen LogP contribution in [0, 0.1) is 6.92 Å². The highest BCUT2D eigenvalue weighted by molar-refractivity contribution is 7.91. The Morgan fingerprint density at radius 2 is 1.83 bits per heavy atom. The van der Waals surface area contributed by atoms with Crippen LogP contribution in [0.1, 0.15) is 30.9 Å². The number of hydrogen-bond acceptors (Lipinski definition) is 5. The molecule has 1 amide bonds. The van der Waals surface area contributed by atoms with Crippen molar-refractivity contribution in [2.45, 2.75) is 39.3 Å². The largest absolute Gasteiger partial charge is 0.494 e. The number of para-hydroxylation sites is 1.